The van der Waals surface area contributed by atoms with Crippen LogP contribution < -0.4 is 5.43 Å². The molecule has 1 aliphatic heterocycles. The summed E-state index contributed by atoms with van der Waals surface area (Å²) in [4.78, 5) is 12.5. The fourth-order valence-corrected chi connectivity index (χ4v) is 4.27. The predicted octanol–water partition coefficient (Wildman–Crippen LogP) is 4.61. The monoisotopic (exact) mass is 358 g/mol. The highest BCUT2D eigenvalue weighted by molar-refractivity contribution is 8.15. The molecule has 1 atom stereocenters. The Morgan fingerprint density at radius 3 is 2.08 bits per heavy atom. The molecule has 128 valence electrons. The summed E-state index contributed by atoms with van der Waals surface area (Å²) in [6.45, 7) is 0. The molecule has 3 nitrogen and oxygen atoms in total. The Morgan fingerprint density at radius 2 is 1.42 bits per heavy atom. The highest BCUT2D eigenvalue weighted by Crippen LogP contribution is 2.42. The maximum Gasteiger partial charge on any atom is 0.205 e. The predicted molar refractivity (Wildman–Crippen MR) is 107 cm³/mol. The molecule has 0 spiro atoms. The van der Waals surface area contributed by atoms with Crippen LogP contribution in [0.25, 0.3) is 0 Å². The molecule has 3 aromatic carbocycles. The molecule has 4 heteroatoms. The smallest absolute Gasteiger partial charge is 0.205 e. The molecular weight excluding hydrogens is 340 g/mol. The molecule has 0 aliphatic carbocycles. The first-order chi connectivity index (χ1) is 12.8. The topological polar surface area (TPSA) is 41.5 Å². The lowest BCUT2D eigenvalue weighted by atomic mass is 9.97. The van der Waals surface area contributed by atoms with Gasteiger partial charge in [0.25, 0.3) is 0 Å². The second kappa shape index (κ2) is 7.18. The fraction of sp³-hybridized carbons (Fsp3) is 0.0909. The first-order valence-corrected chi connectivity index (χ1v) is 9.32. The lowest BCUT2D eigenvalue weighted by molar-refractivity contribution is 0.0925. The number of hydrazone groups is 1. The van der Waals surface area contributed by atoms with Gasteiger partial charge in [0.1, 0.15) is 5.04 Å². The zero-order chi connectivity index (χ0) is 17.8. The molecule has 0 unspecified atom stereocenters. The number of rotatable bonds is 5. The van der Waals surface area contributed by atoms with Crippen molar-refractivity contribution in [1.29, 1.82) is 0 Å². The molecule has 0 radical (unpaired) electrons. The third-order valence-corrected chi connectivity index (χ3v) is 5.63. The number of nitrogens with zero attached hydrogens (tertiary/aromatic N) is 1. The molecule has 0 saturated carbocycles. The van der Waals surface area contributed by atoms with Crippen molar-refractivity contribution >= 4 is 22.6 Å². The Kier molecular flexibility index (Phi) is 4.59. The van der Waals surface area contributed by atoms with E-state index in [0.29, 0.717) is 12.0 Å². The van der Waals surface area contributed by atoms with Crippen molar-refractivity contribution in [2.45, 2.75) is 11.3 Å². The number of benzene rings is 3. The third kappa shape index (κ3) is 3.16. The summed E-state index contributed by atoms with van der Waals surface area (Å²) in [5.41, 5.74) is 5.92. The lowest BCUT2D eigenvalue weighted by Crippen LogP contribution is -2.41. The summed E-state index contributed by atoms with van der Waals surface area (Å²) in [6, 6.07) is 29.4. The molecule has 0 aromatic heterocycles. The van der Waals surface area contributed by atoms with E-state index < -0.39 is 4.87 Å². The summed E-state index contributed by atoms with van der Waals surface area (Å²) in [5.74, 6) is 0.0149. The molecule has 0 bridgehead atoms. The Bertz CT molecular complexity index is 926. The Balaban J connectivity index is 1.67. The summed E-state index contributed by atoms with van der Waals surface area (Å²) in [7, 11) is 0. The first-order valence-electron chi connectivity index (χ1n) is 8.50. The van der Waals surface area contributed by atoms with Crippen LogP contribution in [-0.2, 0) is 11.3 Å². The minimum absolute atomic E-state index is 0.0149. The molecule has 1 aliphatic rings. The highest BCUT2D eigenvalue weighted by atomic mass is 32.2. The molecule has 0 saturated heterocycles. The number of thioether (sulfide) groups is 1. The SMILES string of the molecule is O=C(c1ccccc1)[C@]1(c2ccccc2)NN=C(Cc2ccccc2)S1. The Labute approximate surface area is 157 Å². The summed E-state index contributed by atoms with van der Waals surface area (Å²) < 4.78 is 0. The average Bonchev–Trinajstić information content (AvgIpc) is 3.14. The van der Waals surface area contributed by atoms with E-state index in [1.165, 1.54) is 17.3 Å². The number of carbonyl (C=O) groups excluding carboxylic acids is 1. The van der Waals surface area contributed by atoms with E-state index in [9.17, 15) is 4.79 Å². The van der Waals surface area contributed by atoms with Gasteiger partial charge in [0.15, 0.2) is 4.87 Å². The van der Waals surface area contributed by atoms with Gasteiger partial charge in [-0.05, 0) is 11.1 Å². The van der Waals surface area contributed by atoms with Gasteiger partial charge in [0, 0.05) is 12.0 Å². The van der Waals surface area contributed by atoms with Gasteiger partial charge in [-0.1, -0.05) is 103 Å². The van der Waals surface area contributed by atoms with Gasteiger partial charge in [-0.3, -0.25) is 10.2 Å². The molecule has 3 aromatic rings. The van der Waals surface area contributed by atoms with Crippen molar-refractivity contribution in [2.24, 2.45) is 5.10 Å². The van der Waals surface area contributed by atoms with Crippen molar-refractivity contribution in [3.05, 3.63) is 108 Å². The van der Waals surface area contributed by atoms with E-state index in [1.807, 2.05) is 78.9 Å². The van der Waals surface area contributed by atoms with E-state index in [2.05, 4.69) is 22.7 Å². The van der Waals surface area contributed by atoms with E-state index >= 15 is 0 Å². The minimum Gasteiger partial charge on any atom is -0.290 e. The van der Waals surface area contributed by atoms with Gasteiger partial charge < -0.3 is 0 Å². The highest BCUT2D eigenvalue weighted by Gasteiger charge is 2.46. The number of Topliss-reactive ketones (excluding diaryl/α,β-unsaturated/α-hetero) is 1. The Morgan fingerprint density at radius 1 is 0.846 bits per heavy atom. The molecule has 0 fully saturated rings. The number of nitrogens with one attached hydrogen (secondary N) is 1. The van der Waals surface area contributed by atoms with Crippen molar-refractivity contribution in [2.75, 3.05) is 0 Å². The fourth-order valence-electron chi connectivity index (χ4n) is 3.03. The van der Waals surface area contributed by atoms with Gasteiger partial charge >= 0.3 is 0 Å². The number of hydrogen-bond acceptors (Lipinski definition) is 4. The van der Waals surface area contributed by atoms with Crippen molar-refractivity contribution < 1.29 is 4.79 Å². The quantitative estimate of drug-likeness (QED) is 0.677. The van der Waals surface area contributed by atoms with Crippen molar-refractivity contribution in [3.8, 4) is 0 Å². The summed E-state index contributed by atoms with van der Waals surface area (Å²) in [5, 5.41) is 5.42. The van der Waals surface area contributed by atoms with Crippen LogP contribution in [0.2, 0.25) is 0 Å². The minimum atomic E-state index is -0.924. The van der Waals surface area contributed by atoms with Crippen LogP contribution >= 0.6 is 11.8 Å². The molecule has 0 amide bonds. The third-order valence-electron chi connectivity index (χ3n) is 4.34. The van der Waals surface area contributed by atoms with Crippen LogP contribution in [0.1, 0.15) is 21.5 Å². The largest absolute Gasteiger partial charge is 0.290 e. The van der Waals surface area contributed by atoms with Gasteiger partial charge in [0.05, 0.1) is 0 Å². The second-order valence-electron chi connectivity index (χ2n) is 6.12. The average molecular weight is 358 g/mol. The van der Waals surface area contributed by atoms with Crippen LogP contribution in [0.4, 0.5) is 0 Å². The number of carbonyl (C=O) groups is 1. The van der Waals surface area contributed by atoms with Crippen LogP contribution in [0, 0.1) is 0 Å². The van der Waals surface area contributed by atoms with Crippen molar-refractivity contribution in [3.63, 3.8) is 0 Å². The van der Waals surface area contributed by atoms with Gasteiger partial charge in [-0.2, -0.15) is 5.10 Å². The molecule has 1 heterocycles. The standard InChI is InChI=1S/C22H18N2OS/c25-21(18-12-6-2-7-13-18)22(19-14-8-3-9-15-19)24-23-20(26-22)16-17-10-4-1-5-11-17/h1-15,24H,16H2/t22-/m1/s1. The first kappa shape index (κ1) is 16.6. The molecule has 26 heavy (non-hydrogen) atoms. The van der Waals surface area contributed by atoms with E-state index in [1.54, 1.807) is 0 Å². The summed E-state index contributed by atoms with van der Waals surface area (Å²) in [6.07, 6.45) is 0.704. The number of ketones is 1. The molecule has 4 rings (SSSR count). The van der Waals surface area contributed by atoms with E-state index in [4.69, 9.17) is 0 Å². The van der Waals surface area contributed by atoms with E-state index in [0.717, 1.165) is 10.6 Å². The molecule has 1 N–H and O–H groups in total. The Hall–Kier alpha value is -2.85. The zero-order valence-electron chi connectivity index (χ0n) is 14.1. The van der Waals surface area contributed by atoms with Crippen LogP contribution in [0.5, 0.6) is 0 Å². The van der Waals surface area contributed by atoms with Crippen molar-refractivity contribution in [1.82, 2.24) is 5.43 Å². The summed E-state index contributed by atoms with van der Waals surface area (Å²) >= 11 is 1.50. The van der Waals surface area contributed by atoms with Gasteiger partial charge in [-0.15, -0.1) is 0 Å². The van der Waals surface area contributed by atoms with Crippen LogP contribution in [-0.4, -0.2) is 10.8 Å². The van der Waals surface area contributed by atoms with Crippen LogP contribution in [0.3, 0.4) is 0 Å². The maximum absolute atomic E-state index is 13.4. The number of hydrogen-bond donors (Lipinski definition) is 1. The lowest BCUT2D eigenvalue weighted by Gasteiger charge is -2.27. The van der Waals surface area contributed by atoms with E-state index in [-0.39, 0.29) is 5.78 Å². The molecular formula is C22H18N2OS. The zero-order valence-corrected chi connectivity index (χ0v) is 14.9. The normalized spacial score (nSPS) is 18.8. The van der Waals surface area contributed by atoms with Gasteiger partial charge in [-0.25, -0.2) is 0 Å². The maximum atomic E-state index is 13.4. The van der Waals surface area contributed by atoms with Gasteiger partial charge in [0.2, 0.25) is 5.78 Å². The van der Waals surface area contributed by atoms with Crippen LogP contribution in [0.15, 0.2) is 96.1 Å². The second-order valence-corrected chi connectivity index (χ2v) is 7.41.